The quantitative estimate of drug-likeness (QED) is 0.862. The Hall–Kier alpha value is -2.13. The molecule has 0 radical (unpaired) electrons. The van der Waals surface area contributed by atoms with Crippen LogP contribution in [0.25, 0.3) is 0 Å². The lowest BCUT2D eigenvalue weighted by molar-refractivity contribution is 1.13. The van der Waals surface area contributed by atoms with E-state index < -0.39 is 0 Å². The number of nitrogen functional groups attached to an aromatic ring is 1. The van der Waals surface area contributed by atoms with Gasteiger partial charge in [-0.3, -0.25) is 0 Å². The normalized spacial score (nSPS) is 9.88. The molecule has 0 bridgehead atoms. The van der Waals surface area contributed by atoms with Crippen molar-refractivity contribution < 1.29 is 0 Å². The molecule has 86 valence electrons. The van der Waals surface area contributed by atoms with Crippen LogP contribution in [0.5, 0.6) is 0 Å². The molecular formula is C11H11N5S. The van der Waals surface area contributed by atoms with E-state index in [0.717, 1.165) is 9.88 Å². The maximum absolute atomic E-state index is 8.69. The summed E-state index contributed by atoms with van der Waals surface area (Å²) < 4.78 is 0. The number of anilines is 2. The molecule has 0 atom stereocenters. The van der Waals surface area contributed by atoms with Gasteiger partial charge >= 0.3 is 0 Å². The van der Waals surface area contributed by atoms with Crippen molar-refractivity contribution in [2.75, 3.05) is 11.1 Å². The first-order valence-electron chi connectivity index (χ1n) is 5.00. The largest absolute Gasteiger partial charge is 0.396 e. The van der Waals surface area contributed by atoms with Gasteiger partial charge in [0.25, 0.3) is 0 Å². The van der Waals surface area contributed by atoms with Crippen molar-refractivity contribution in [3.63, 3.8) is 0 Å². The molecule has 2 heterocycles. The van der Waals surface area contributed by atoms with Gasteiger partial charge in [-0.2, -0.15) is 5.26 Å². The van der Waals surface area contributed by atoms with Crippen molar-refractivity contribution in [3.8, 4) is 6.07 Å². The van der Waals surface area contributed by atoms with Crippen LogP contribution in [-0.4, -0.2) is 9.97 Å². The molecule has 0 aliphatic heterocycles. The molecule has 0 unspecified atom stereocenters. The Morgan fingerprint density at radius 3 is 2.88 bits per heavy atom. The van der Waals surface area contributed by atoms with E-state index in [2.05, 4.69) is 15.3 Å². The monoisotopic (exact) mass is 245 g/mol. The van der Waals surface area contributed by atoms with Crippen molar-refractivity contribution in [1.29, 1.82) is 5.26 Å². The van der Waals surface area contributed by atoms with Gasteiger partial charge in [0, 0.05) is 17.3 Å². The second-order valence-corrected chi connectivity index (χ2v) is 4.79. The molecule has 6 heteroatoms. The van der Waals surface area contributed by atoms with E-state index in [9.17, 15) is 0 Å². The second-order valence-electron chi connectivity index (χ2n) is 3.47. The first kappa shape index (κ1) is 11.4. The Morgan fingerprint density at radius 2 is 2.29 bits per heavy atom. The Kier molecular flexibility index (Phi) is 3.21. The van der Waals surface area contributed by atoms with Crippen LogP contribution < -0.4 is 11.1 Å². The molecule has 0 spiro atoms. The number of thiazole rings is 1. The number of nitrogens with two attached hydrogens (primary N) is 1. The molecule has 0 aliphatic carbocycles. The summed E-state index contributed by atoms with van der Waals surface area (Å²) in [5, 5.41) is 12.8. The fourth-order valence-electron chi connectivity index (χ4n) is 1.35. The fraction of sp³-hybridized carbons (Fsp3) is 0.182. The molecule has 2 rings (SSSR count). The molecule has 0 fully saturated rings. The predicted octanol–water partition coefficient (Wildman–Crippen LogP) is 1.91. The number of pyridine rings is 1. The minimum absolute atomic E-state index is 0.460. The predicted molar refractivity (Wildman–Crippen MR) is 67.5 cm³/mol. The molecule has 0 saturated carbocycles. The van der Waals surface area contributed by atoms with E-state index in [-0.39, 0.29) is 0 Å². The van der Waals surface area contributed by atoms with E-state index in [1.54, 1.807) is 17.4 Å². The number of hydrogen-bond acceptors (Lipinski definition) is 6. The highest BCUT2D eigenvalue weighted by atomic mass is 32.1. The van der Waals surface area contributed by atoms with Crippen LogP contribution in [0.1, 0.15) is 15.4 Å². The average Bonchev–Trinajstić information content (AvgIpc) is 2.73. The Morgan fingerprint density at radius 1 is 1.47 bits per heavy atom. The van der Waals surface area contributed by atoms with Crippen molar-refractivity contribution in [1.82, 2.24) is 9.97 Å². The number of nitriles is 1. The van der Waals surface area contributed by atoms with E-state index in [4.69, 9.17) is 11.0 Å². The van der Waals surface area contributed by atoms with Crippen molar-refractivity contribution in [3.05, 3.63) is 33.9 Å². The third-order valence-electron chi connectivity index (χ3n) is 2.15. The van der Waals surface area contributed by atoms with E-state index in [0.29, 0.717) is 23.6 Å². The van der Waals surface area contributed by atoms with Gasteiger partial charge in [-0.1, -0.05) is 0 Å². The van der Waals surface area contributed by atoms with Gasteiger partial charge in [0.15, 0.2) is 0 Å². The highest BCUT2D eigenvalue weighted by molar-refractivity contribution is 7.11. The number of aromatic nitrogens is 2. The molecule has 2 aromatic heterocycles. The minimum Gasteiger partial charge on any atom is -0.396 e. The summed E-state index contributed by atoms with van der Waals surface area (Å²) in [6, 6.07) is 3.60. The number of hydrogen-bond donors (Lipinski definition) is 2. The second kappa shape index (κ2) is 4.80. The first-order chi connectivity index (χ1) is 8.19. The van der Waals surface area contributed by atoms with Gasteiger partial charge in [0.1, 0.15) is 11.9 Å². The van der Waals surface area contributed by atoms with Gasteiger partial charge in [-0.25, -0.2) is 9.97 Å². The lowest BCUT2D eigenvalue weighted by Crippen LogP contribution is -2.03. The van der Waals surface area contributed by atoms with Crippen LogP contribution in [0, 0.1) is 18.3 Å². The third-order valence-corrected chi connectivity index (χ3v) is 3.06. The smallest absolute Gasteiger partial charge is 0.149 e. The zero-order chi connectivity index (χ0) is 12.3. The molecular weight excluding hydrogens is 234 g/mol. The summed E-state index contributed by atoms with van der Waals surface area (Å²) >= 11 is 1.63. The summed E-state index contributed by atoms with van der Waals surface area (Å²) in [6.07, 6.45) is 3.32. The van der Waals surface area contributed by atoms with Crippen molar-refractivity contribution in [2.45, 2.75) is 13.5 Å². The van der Waals surface area contributed by atoms with Crippen LogP contribution in [0.15, 0.2) is 18.5 Å². The van der Waals surface area contributed by atoms with Gasteiger partial charge in [0.2, 0.25) is 0 Å². The Balaban J connectivity index is 2.07. The highest BCUT2D eigenvalue weighted by Crippen LogP contribution is 2.18. The summed E-state index contributed by atoms with van der Waals surface area (Å²) in [5.74, 6) is 0.593. The molecule has 2 aromatic rings. The fourth-order valence-corrected chi connectivity index (χ4v) is 2.08. The third kappa shape index (κ3) is 2.71. The Labute approximate surface area is 103 Å². The summed E-state index contributed by atoms with van der Waals surface area (Å²) in [5.41, 5.74) is 6.71. The molecule has 0 amide bonds. The number of rotatable bonds is 3. The summed E-state index contributed by atoms with van der Waals surface area (Å²) in [7, 11) is 0. The van der Waals surface area contributed by atoms with Crippen LogP contribution >= 0.6 is 11.3 Å². The van der Waals surface area contributed by atoms with E-state index in [1.165, 1.54) is 6.20 Å². The number of nitrogens with one attached hydrogen (secondary N) is 1. The molecule has 3 N–H and O–H groups in total. The van der Waals surface area contributed by atoms with Gasteiger partial charge in [-0.05, 0) is 13.0 Å². The van der Waals surface area contributed by atoms with E-state index in [1.807, 2.05) is 19.2 Å². The maximum atomic E-state index is 8.69. The van der Waals surface area contributed by atoms with Crippen LogP contribution in [0.4, 0.5) is 11.5 Å². The zero-order valence-electron chi connectivity index (χ0n) is 9.27. The van der Waals surface area contributed by atoms with Crippen LogP contribution in [0.3, 0.4) is 0 Å². The standard InChI is InChI=1S/C11H11N5S/c1-7-14-5-9(17-7)6-16-11-10(13)2-8(3-12)4-15-11/h2,4-5H,6,13H2,1H3,(H,15,16). The molecule has 0 aliphatic rings. The van der Waals surface area contributed by atoms with E-state index >= 15 is 0 Å². The molecule has 5 nitrogen and oxygen atoms in total. The lowest BCUT2D eigenvalue weighted by Gasteiger charge is -2.06. The minimum atomic E-state index is 0.460. The van der Waals surface area contributed by atoms with Crippen LogP contribution in [0.2, 0.25) is 0 Å². The number of aryl methyl sites for hydroxylation is 1. The summed E-state index contributed by atoms with van der Waals surface area (Å²) in [6.45, 7) is 2.59. The molecule has 0 saturated heterocycles. The zero-order valence-corrected chi connectivity index (χ0v) is 10.1. The average molecular weight is 245 g/mol. The highest BCUT2D eigenvalue weighted by Gasteiger charge is 2.03. The number of nitrogens with zero attached hydrogens (tertiary/aromatic N) is 3. The van der Waals surface area contributed by atoms with Crippen molar-refractivity contribution in [2.24, 2.45) is 0 Å². The molecule has 0 aromatic carbocycles. The summed E-state index contributed by atoms with van der Waals surface area (Å²) in [4.78, 5) is 9.38. The molecule has 17 heavy (non-hydrogen) atoms. The van der Waals surface area contributed by atoms with Crippen molar-refractivity contribution >= 4 is 22.8 Å². The van der Waals surface area contributed by atoms with Crippen LogP contribution in [-0.2, 0) is 6.54 Å². The Bertz CT molecular complexity index is 569. The topological polar surface area (TPSA) is 87.6 Å². The SMILES string of the molecule is Cc1ncc(CNc2ncc(C#N)cc2N)s1. The van der Waals surface area contributed by atoms with Gasteiger partial charge < -0.3 is 11.1 Å². The van der Waals surface area contributed by atoms with Gasteiger partial charge in [-0.15, -0.1) is 11.3 Å². The van der Waals surface area contributed by atoms with Gasteiger partial charge in [0.05, 0.1) is 22.8 Å². The maximum Gasteiger partial charge on any atom is 0.149 e. The first-order valence-corrected chi connectivity index (χ1v) is 5.81. The lowest BCUT2D eigenvalue weighted by atomic mass is 10.3.